The molecule has 1 saturated heterocycles. The van der Waals surface area contributed by atoms with Gasteiger partial charge in [0.05, 0.1) is 12.1 Å². The summed E-state index contributed by atoms with van der Waals surface area (Å²) < 4.78 is 5.77. The lowest BCUT2D eigenvalue weighted by molar-refractivity contribution is -0.137. The zero-order chi connectivity index (χ0) is 25.5. The van der Waals surface area contributed by atoms with Crippen LogP contribution >= 0.6 is 0 Å². The molecule has 2 aliphatic rings. The van der Waals surface area contributed by atoms with Gasteiger partial charge in [-0.3, -0.25) is 19.8 Å². The Morgan fingerprint density at radius 2 is 1.86 bits per heavy atom. The number of carbonyl (C=O) groups is 3. The van der Waals surface area contributed by atoms with E-state index in [1.165, 1.54) is 6.92 Å². The molecule has 1 atom stereocenters. The summed E-state index contributed by atoms with van der Waals surface area (Å²) in [5.74, 6) is 0.477. The lowest BCUT2D eigenvalue weighted by Gasteiger charge is -2.26. The molecular formula is C26H33N6O4+. The summed E-state index contributed by atoms with van der Waals surface area (Å²) in [6.45, 7) is 2.06. The SMILES string of the molecule is CC(=O)C(=[NH2+])c1cc(OCc2ncccn2)ccc1NCC(=O)N1CCC[C@H]1C(=O)NC1CCCC1. The number of nitrogens with two attached hydrogens (primary N) is 1. The first kappa shape index (κ1) is 25.3. The number of aromatic nitrogens is 2. The lowest BCUT2D eigenvalue weighted by Crippen LogP contribution is -2.49. The fourth-order valence-electron chi connectivity index (χ4n) is 4.71. The second kappa shape index (κ2) is 11.7. The fraction of sp³-hybridized carbons (Fsp3) is 0.462. The monoisotopic (exact) mass is 493 g/mol. The number of hydrogen-bond donors (Lipinski definition) is 3. The summed E-state index contributed by atoms with van der Waals surface area (Å²) in [6, 6.07) is 6.59. The molecule has 1 aliphatic heterocycles. The Bertz CT molecular complexity index is 1120. The Morgan fingerprint density at radius 3 is 2.58 bits per heavy atom. The number of rotatable bonds is 10. The minimum absolute atomic E-state index is 0.0244. The third-order valence-electron chi connectivity index (χ3n) is 6.66. The highest BCUT2D eigenvalue weighted by Crippen LogP contribution is 2.24. The minimum Gasteiger partial charge on any atom is -0.486 e. The average Bonchev–Trinajstić information content (AvgIpc) is 3.59. The maximum Gasteiger partial charge on any atom is 0.249 e. The van der Waals surface area contributed by atoms with E-state index in [1.54, 1.807) is 41.6 Å². The lowest BCUT2D eigenvalue weighted by atomic mass is 10.0. The van der Waals surface area contributed by atoms with Gasteiger partial charge in [-0.25, -0.2) is 9.97 Å². The van der Waals surface area contributed by atoms with Gasteiger partial charge >= 0.3 is 0 Å². The number of carbonyl (C=O) groups excluding carboxylic acids is 3. The number of nitrogens with zero attached hydrogens (tertiary/aromatic N) is 3. The van der Waals surface area contributed by atoms with Gasteiger partial charge in [0.2, 0.25) is 23.3 Å². The Hall–Kier alpha value is -3.82. The molecule has 0 radical (unpaired) electrons. The van der Waals surface area contributed by atoms with Crippen molar-refractivity contribution in [2.24, 2.45) is 0 Å². The second-order valence-electron chi connectivity index (χ2n) is 9.22. The number of amides is 2. The van der Waals surface area contributed by atoms with Crippen LogP contribution in [0.4, 0.5) is 5.69 Å². The quantitative estimate of drug-likeness (QED) is 0.413. The number of anilines is 1. The van der Waals surface area contributed by atoms with Crippen molar-refractivity contribution in [2.45, 2.75) is 64.1 Å². The van der Waals surface area contributed by atoms with Crippen molar-refractivity contribution in [3.05, 3.63) is 48.0 Å². The summed E-state index contributed by atoms with van der Waals surface area (Å²) in [6.07, 6.45) is 8.99. The Morgan fingerprint density at radius 1 is 1.11 bits per heavy atom. The second-order valence-corrected chi connectivity index (χ2v) is 9.22. The van der Waals surface area contributed by atoms with E-state index in [2.05, 4.69) is 20.6 Å². The number of nitrogens with one attached hydrogen (secondary N) is 2. The average molecular weight is 494 g/mol. The van der Waals surface area contributed by atoms with Crippen LogP contribution in [0.25, 0.3) is 0 Å². The Kier molecular flexibility index (Phi) is 8.24. The molecule has 1 saturated carbocycles. The van der Waals surface area contributed by atoms with Crippen molar-refractivity contribution >= 4 is 29.0 Å². The number of Topliss-reactive ketones (excluding diaryl/α,β-unsaturated/α-hetero) is 1. The van der Waals surface area contributed by atoms with Gasteiger partial charge in [0.1, 0.15) is 18.4 Å². The first-order valence-electron chi connectivity index (χ1n) is 12.4. The number of likely N-dealkylation sites (tertiary alicyclic amines) is 1. The van der Waals surface area contributed by atoms with E-state index in [0.717, 1.165) is 32.1 Å². The highest BCUT2D eigenvalue weighted by atomic mass is 16.5. The molecule has 2 amide bonds. The van der Waals surface area contributed by atoms with E-state index in [1.807, 2.05) is 0 Å². The molecule has 2 fully saturated rings. The maximum atomic E-state index is 13.1. The van der Waals surface area contributed by atoms with Crippen LogP contribution in [0.3, 0.4) is 0 Å². The summed E-state index contributed by atoms with van der Waals surface area (Å²) >= 11 is 0. The van der Waals surface area contributed by atoms with Crippen LogP contribution in [-0.4, -0.2) is 63.4 Å². The topological polar surface area (TPSA) is 139 Å². The Labute approximate surface area is 210 Å². The highest BCUT2D eigenvalue weighted by Gasteiger charge is 2.35. The van der Waals surface area contributed by atoms with E-state index >= 15 is 0 Å². The van der Waals surface area contributed by atoms with Crippen LogP contribution in [0.2, 0.25) is 0 Å². The van der Waals surface area contributed by atoms with Gasteiger partial charge in [-0.1, -0.05) is 12.8 Å². The molecule has 2 heterocycles. The van der Waals surface area contributed by atoms with Crippen LogP contribution < -0.4 is 20.8 Å². The van der Waals surface area contributed by atoms with Crippen LogP contribution in [0.15, 0.2) is 36.7 Å². The van der Waals surface area contributed by atoms with Crippen LogP contribution in [0, 0.1) is 0 Å². The first-order chi connectivity index (χ1) is 17.4. The standard InChI is InChI=1S/C26H32N6O4/c1-17(33)25(27)20-14-19(36-16-23-28-11-5-12-29-23)9-10-21(20)30-15-24(34)32-13-4-8-22(32)26(35)31-18-6-2-3-7-18/h5,9-12,14,18,22,27,30H,2-4,6-8,13,15-16H2,1H3,(H,31,35)/p+1/t22-/m0/s1. The molecule has 1 aliphatic carbocycles. The maximum absolute atomic E-state index is 13.1. The summed E-state index contributed by atoms with van der Waals surface area (Å²) in [7, 11) is 0. The zero-order valence-electron chi connectivity index (χ0n) is 20.5. The van der Waals surface area contributed by atoms with Crippen molar-refractivity contribution in [1.29, 1.82) is 0 Å². The largest absolute Gasteiger partial charge is 0.486 e. The molecule has 190 valence electrons. The molecule has 10 heteroatoms. The summed E-state index contributed by atoms with van der Waals surface area (Å²) in [4.78, 5) is 47.8. The van der Waals surface area contributed by atoms with Gasteiger partial charge in [0.15, 0.2) is 5.82 Å². The zero-order valence-corrected chi connectivity index (χ0v) is 20.5. The van der Waals surface area contributed by atoms with Crippen molar-refractivity contribution in [1.82, 2.24) is 20.2 Å². The first-order valence-corrected chi connectivity index (χ1v) is 12.4. The predicted octanol–water partition coefficient (Wildman–Crippen LogP) is 0.655. The number of hydrogen-bond acceptors (Lipinski definition) is 7. The normalized spacial score (nSPS) is 17.6. The molecule has 36 heavy (non-hydrogen) atoms. The summed E-state index contributed by atoms with van der Waals surface area (Å²) in [5.41, 5.74) is 1.03. The van der Waals surface area contributed by atoms with Crippen LogP contribution in [0.5, 0.6) is 5.75 Å². The fourth-order valence-corrected chi connectivity index (χ4v) is 4.71. The minimum atomic E-state index is -0.441. The van der Waals surface area contributed by atoms with E-state index < -0.39 is 6.04 Å². The van der Waals surface area contributed by atoms with E-state index in [0.29, 0.717) is 35.8 Å². The molecule has 1 aromatic heterocycles. The van der Waals surface area contributed by atoms with Gasteiger partial charge in [-0.2, -0.15) is 0 Å². The Balaban J connectivity index is 1.40. The molecule has 0 spiro atoms. The van der Waals surface area contributed by atoms with E-state index in [-0.39, 0.29) is 42.5 Å². The molecule has 2 aromatic rings. The van der Waals surface area contributed by atoms with Crippen LogP contribution in [-0.2, 0) is 21.0 Å². The summed E-state index contributed by atoms with van der Waals surface area (Å²) in [5, 5.41) is 12.3. The van der Waals surface area contributed by atoms with Crippen LogP contribution in [0.1, 0.15) is 56.8 Å². The van der Waals surface area contributed by atoms with Gasteiger partial charge in [-0.05, 0) is 49.9 Å². The molecule has 0 bridgehead atoms. The van der Waals surface area contributed by atoms with Crippen molar-refractivity contribution < 1.29 is 24.5 Å². The van der Waals surface area contributed by atoms with Crippen molar-refractivity contribution in [3.63, 3.8) is 0 Å². The van der Waals surface area contributed by atoms with Gasteiger partial charge < -0.3 is 20.3 Å². The van der Waals surface area contributed by atoms with Gasteiger partial charge in [0.25, 0.3) is 0 Å². The highest BCUT2D eigenvalue weighted by molar-refractivity contribution is 6.44. The third-order valence-corrected chi connectivity index (χ3v) is 6.66. The molecule has 4 N–H and O–H groups in total. The number of ketones is 1. The molecular weight excluding hydrogens is 460 g/mol. The number of benzene rings is 1. The molecule has 10 nitrogen and oxygen atoms in total. The third kappa shape index (κ3) is 6.24. The van der Waals surface area contributed by atoms with Gasteiger partial charge in [0, 0.05) is 37.6 Å². The molecule has 4 rings (SSSR count). The molecule has 0 unspecified atom stereocenters. The van der Waals surface area contributed by atoms with Gasteiger partial charge in [-0.15, -0.1) is 0 Å². The van der Waals surface area contributed by atoms with Crippen molar-refractivity contribution in [3.8, 4) is 5.75 Å². The van der Waals surface area contributed by atoms with E-state index in [4.69, 9.17) is 10.1 Å². The van der Waals surface area contributed by atoms with E-state index in [9.17, 15) is 14.4 Å². The number of ether oxygens (including phenoxy) is 1. The van der Waals surface area contributed by atoms with Crippen molar-refractivity contribution in [2.75, 3.05) is 18.4 Å². The predicted molar refractivity (Wildman–Crippen MR) is 133 cm³/mol. The molecule has 1 aromatic carbocycles. The smallest absolute Gasteiger partial charge is 0.249 e.